The Balaban J connectivity index is 1.15. The lowest BCUT2D eigenvalue weighted by Gasteiger charge is -2.15. The van der Waals surface area contributed by atoms with E-state index in [1.165, 1.54) is 0 Å². The summed E-state index contributed by atoms with van der Waals surface area (Å²) >= 11 is 0. The Morgan fingerprint density at radius 1 is 0.323 bits per heavy atom. The molecule has 0 saturated heterocycles. The van der Waals surface area contributed by atoms with E-state index in [2.05, 4.69) is 144 Å². The van der Waals surface area contributed by atoms with Crippen LogP contribution >= 0.6 is 0 Å². The van der Waals surface area contributed by atoms with Gasteiger partial charge in [-0.15, -0.1) is 0 Å². The molecule has 5 aromatic heterocycles. The summed E-state index contributed by atoms with van der Waals surface area (Å²) in [7, 11) is 0. The highest BCUT2D eigenvalue weighted by molar-refractivity contribution is 5.95. The Hall–Kier alpha value is -9.01. The van der Waals surface area contributed by atoms with Crippen molar-refractivity contribution in [3.8, 4) is 84.9 Å². The molecule has 0 saturated carbocycles. The van der Waals surface area contributed by atoms with Crippen LogP contribution in [0.5, 0.6) is 0 Å². The average molecular weight is 833 g/mol. The van der Waals surface area contributed by atoms with Crippen molar-refractivity contribution in [3.05, 3.63) is 219 Å². The highest BCUT2D eigenvalue weighted by Gasteiger charge is 2.21. The molecule has 0 radical (unpaired) electrons. The predicted molar refractivity (Wildman–Crippen MR) is 261 cm³/mol. The van der Waals surface area contributed by atoms with Crippen molar-refractivity contribution in [1.82, 2.24) is 39.5 Å². The second kappa shape index (κ2) is 16.0. The fourth-order valence-corrected chi connectivity index (χ4v) is 8.64. The second-order valence-electron chi connectivity index (χ2n) is 15.8. The number of para-hydroxylation sites is 5. The minimum atomic E-state index is 0.539. The molecule has 0 aliphatic rings. The highest BCUT2D eigenvalue weighted by atomic mass is 15.1. The van der Waals surface area contributed by atoms with Crippen LogP contribution in [0.4, 0.5) is 0 Å². The van der Waals surface area contributed by atoms with Gasteiger partial charge in [0, 0.05) is 67.8 Å². The molecule has 12 aromatic rings. The number of pyridine rings is 2. The van der Waals surface area contributed by atoms with Gasteiger partial charge in [-0.3, -0.25) is 14.5 Å². The Morgan fingerprint density at radius 3 is 1.34 bits per heavy atom. The van der Waals surface area contributed by atoms with Gasteiger partial charge in [0.05, 0.1) is 44.8 Å². The van der Waals surface area contributed by atoms with Crippen molar-refractivity contribution >= 4 is 32.8 Å². The maximum absolute atomic E-state index is 5.38. The van der Waals surface area contributed by atoms with E-state index >= 15 is 0 Å². The minimum Gasteiger partial charge on any atom is -0.292 e. The Kier molecular flexibility index (Phi) is 9.31. The molecule has 8 heteroatoms. The van der Waals surface area contributed by atoms with E-state index in [4.69, 9.17) is 34.9 Å². The highest BCUT2D eigenvalue weighted by Crippen LogP contribution is 2.38. The zero-order chi connectivity index (χ0) is 43.1. The number of nitrogens with zero attached hydrogens (tertiary/aromatic N) is 8. The smallest absolute Gasteiger partial charge is 0.160 e. The predicted octanol–water partition coefficient (Wildman–Crippen LogP) is 13.4. The van der Waals surface area contributed by atoms with Gasteiger partial charge in [-0.1, -0.05) is 140 Å². The molecule has 8 nitrogen and oxygen atoms in total. The van der Waals surface area contributed by atoms with Crippen LogP contribution in [0.15, 0.2) is 219 Å². The Bertz CT molecular complexity index is 3520. The lowest BCUT2D eigenvalue weighted by atomic mass is 10.0. The standard InChI is InChI=1S/C57H36N8/c1-4-16-37(17-5-1)48-35-50(45-26-12-20-39-22-14-30-58-53(39)45)62-55(60-48)41-32-42(34-43(33-41)57-64-47-28-10-11-29-52(47)65(57)44-24-8-3-9-25-44)56-61-49(38-18-6-2-7-19-38)36-51(63-56)46-27-13-21-40-23-15-31-59-54(40)46/h1-36H. The molecule has 7 aromatic carbocycles. The molecule has 0 spiro atoms. The number of aromatic nitrogens is 8. The van der Waals surface area contributed by atoms with Crippen LogP contribution in [0.1, 0.15) is 0 Å². The zero-order valence-corrected chi connectivity index (χ0v) is 34.9. The fraction of sp³-hybridized carbons (Fsp3) is 0. The van der Waals surface area contributed by atoms with E-state index in [9.17, 15) is 0 Å². The van der Waals surface area contributed by atoms with E-state index in [-0.39, 0.29) is 0 Å². The molecule has 304 valence electrons. The van der Waals surface area contributed by atoms with Gasteiger partial charge in [-0.2, -0.15) is 0 Å². The summed E-state index contributed by atoms with van der Waals surface area (Å²) in [6, 6.07) is 70.0. The monoisotopic (exact) mass is 832 g/mol. The van der Waals surface area contributed by atoms with Crippen molar-refractivity contribution in [3.63, 3.8) is 0 Å². The molecular weight excluding hydrogens is 797 g/mol. The van der Waals surface area contributed by atoms with Gasteiger partial charge in [-0.25, -0.2) is 24.9 Å². The molecule has 0 unspecified atom stereocenters. The molecule has 0 N–H and O–H groups in total. The zero-order valence-electron chi connectivity index (χ0n) is 34.9. The van der Waals surface area contributed by atoms with Crippen molar-refractivity contribution in [2.45, 2.75) is 0 Å². The van der Waals surface area contributed by atoms with Gasteiger partial charge in [0.2, 0.25) is 0 Å². The van der Waals surface area contributed by atoms with Crippen molar-refractivity contribution in [1.29, 1.82) is 0 Å². The van der Waals surface area contributed by atoms with E-state index in [0.29, 0.717) is 11.6 Å². The number of rotatable bonds is 8. The molecular formula is C57H36N8. The molecule has 0 fully saturated rings. The fourth-order valence-electron chi connectivity index (χ4n) is 8.64. The Labute approximate surface area is 374 Å². The Morgan fingerprint density at radius 2 is 0.785 bits per heavy atom. The van der Waals surface area contributed by atoms with Crippen LogP contribution in [0.3, 0.4) is 0 Å². The van der Waals surface area contributed by atoms with E-state index in [0.717, 1.165) is 106 Å². The second-order valence-corrected chi connectivity index (χ2v) is 15.8. The first-order valence-electron chi connectivity index (χ1n) is 21.5. The van der Waals surface area contributed by atoms with E-state index in [1.54, 1.807) is 0 Å². The summed E-state index contributed by atoms with van der Waals surface area (Å²) in [6.07, 6.45) is 3.65. The summed E-state index contributed by atoms with van der Waals surface area (Å²) in [5.41, 5.74) is 13.9. The summed E-state index contributed by atoms with van der Waals surface area (Å²) < 4.78 is 2.21. The normalized spacial score (nSPS) is 11.4. The third-order valence-electron chi connectivity index (χ3n) is 11.7. The molecule has 5 heterocycles. The lowest BCUT2D eigenvalue weighted by Crippen LogP contribution is -2.01. The topological polar surface area (TPSA) is 95.2 Å². The van der Waals surface area contributed by atoms with E-state index in [1.807, 2.05) is 79.1 Å². The lowest BCUT2D eigenvalue weighted by molar-refractivity contribution is 1.10. The first kappa shape index (κ1) is 37.7. The maximum atomic E-state index is 5.38. The molecule has 0 atom stereocenters. The summed E-state index contributed by atoms with van der Waals surface area (Å²) in [4.78, 5) is 36.4. The number of hydrogen-bond acceptors (Lipinski definition) is 7. The van der Waals surface area contributed by atoms with Crippen LogP contribution in [0.2, 0.25) is 0 Å². The average Bonchev–Trinajstić information content (AvgIpc) is 3.79. The molecule has 0 amide bonds. The number of hydrogen-bond donors (Lipinski definition) is 0. The number of benzene rings is 7. The summed E-state index contributed by atoms with van der Waals surface area (Å²) in [5.74, 6) is 1.84. The van der Waals surface area contributed by atoms with Gasteiger partial charge >= 0.3 is 0 Å². The first-order valence-corrected chi connectivity index (χ1v) is 21.5. The third-order valence-corrected chi connectivity index (χ3v) is 11.7. The van der Waals surface area contributed by atoms with Crippen LogP contribution in [-0.4, -0.2) is 39.5 Å². The maximum Gasteiger partial charge on any atom is 0.160 e. The summed E-state index contributed by atoms with van der Waals surface area (Å²) in [5, 5.41) is 2.06. The number of fused-ring (bicyclic) bond motifs is 3. The number of imidazole rings is 1. The summed E-state index contributed by atoms with van der Waals surface area (Å²) in [6.45, 7) is 0. The van der Waals surface area contributed by atoms with Crippen molar-refractivity contribution < 1.29 is 0 Å². The molecule has 12 rings (SSSR count). The molecule has 0 bridgehead atoms. The van der Waals surface area contributed by atoms with Crippen LogP contribution in [-0.2, 0) is 0 Å². The van der Waals surface area contributed by atoms with Gasteiger partial charge in [0.25, 0.3) is 0 Å². The van der Waals surface area contributed by atoms with Crippen molar-refractivity contribution in [2.24, 2.45) is 0 Å². The minimum absolute atomic E-state index is 0.539. The SMILES string of the molecule is c1ccc(-c2cc(-c3cccc4cccnc34)nc(-c3cc(-c4nc(-c5ccccc5)cc(-c5cccc6cccnc56)n4)cc(-c4nc5ccccc5n4-c4ccccc4)c3)n2)cc1. The molecule has 0 aliphatic heterocycles. The van der Waals surface area contributed by atoms with Gasteiger partial charge < -0.3 is 0 Å². The van der Waals surface area contributed by atoms with Crippen LogP contribution < -0.4 is 0 Å². The van der Waals surface area contributed by atoms with Crippen LogP contribution in [0.25, 0.3) is 118 Å². The van der Waals surface area contributed by atoms with Gasteiger partial charge in [-0.05, 0) is 66.7 Å². The third kappa shape index (κ3) is 7.05. The van der Waals surface area contributed by atoms with Gasteiger partial charge in [0.15, 0.2) is 11.6 Å². The van der Waals surface area contributed by atoms with E-state index < -0.39 is 0 Å². The molecule has 65 heavy (non-hydrogen) atoms. The largest absolute Gasteiger partial charge is 0.292 e. The quantitative estimate of drug-likeness (QED) is 0.150. The van der Waals surface area contributed by atoms with Gasteiger partial charge in [0.1, 0.15) is 5.82 Å². The van der Waals surface area contributed by atoms with Crippen LogP contribution in [0, 0.1) is 0 Å². The molecule has 0 aliphatic carbocycles. The van der Waals surface area contributed by atoms with Crippen molar-refractivity contribution in [2.75, 3.05) is 0 Å². The first-order chi connectivity index (χ1) is 32.2.